The van der Waals surface area contributed by atoms with E-state index in [1.165, 1.54) is 44.7 Å². The molecule has 0 unspecified atom stereocenters. The van der Waals surface area contributed by atoms with Gasteiger partial charge in [-0.05, 0) is 85.8 Å². The molecule has 0 saturated carbocycles. The first kappa shape index (κ1) is 38.4. The molecule has 0 bridgehead atoms. The second kappa shape index (κ2) is 17.7. The number of ether oxygens (including phenoxy) is 1. The van der Waals surface area contributed by atoms with Gasteiger partial charge in [0.25, 0.3) is 0 Å². The van der Waals surface area contributed by atoms with Crippen LogP contribution in [0.4, 0.5) is 5.69 Å². The number of aliphatic hydroxyl groups is 1. The van der Waals surface area contributed by atoms with Gasteiger partial charge < -0.3 is 24.4 Å². The van der Waals surface area contributed by atoms with E-state index in [-0.39, 0.29) is 9.79 Å². The van der Waals surface area contributed by atoms with Crippen LogP contribution in [0, 0.1) is 0 Å². The van der Waals surface area contributed by atoms with Gasteiger partial charge in [0.15, 0.2) is 0 Å². The first-order chi connectivity index (χ1) is 25.2. The third-order valence-electron chi connectivity index (χ3n) is 11.1. The summed E-state index contributed by atoms with van der Waals surface area (Å²) in [7, 11) is -5.69. The highest BCUT2D eigenvalue weighted by atomic mass is 32.2. The summed E-state index contributed by atoms with van der Waals surface area (Å²) >= 11 is 0. The number of aromatic nitrogens is 1. The third kappa shape index (κ3) is 9.08. The normalized spacial score (nSPS) is 17.2. The van der Waals surface area contributed by atoms with Crippen LogP contribution in [0.1, 0.15) is 89.5 Å². The molecule has 0 amide bonds. The van der Waals surface area contributed by atoms with Gasteiger partial charge in [-0.1, -0.05) is 88.3 Å². The van der Waals surface area contributed by atoms with Crippen molar-refractivity contribution >= 4 is 40.7 Å². The van der Waals surface area contributed by atoms with Crippen LogP contribution in [0.15, 0.2) is 88.8 Å². The van der Waals surface area contributed by atoms with Crippen LogP contribution < -0.4 is 14.8 Å². The fourth-order valence-electron chi connectivity index (χ4n) is 7.93. The van der Waals surface area contributed by atoms with Crippen molar-refractivity contribution in [3.63, 3.8) is 0 Å². The van der Waals surface area contributed by atoms with E-state index < -0.39 is 24.5 Å². The highest BCUT2D eigenvalue weighted by Crippen LogP contribution is 2.39. The summed E-state index contributed by atoms with van der Waals surface area (Å²) < 4.78 is 34.8. The predicted molar refractivity (Wildman–Crippen MR) is 212 cm³/mol. The first-order valence-corrected chi connectivity index (χ1v) is 22.8. The molecule has 2 aliphatic rings. The lowest BCUT2D eigenvalue weighted by Gasteiger charge is -2.45. The van der Waals surface area contributed by atoms with Gasteiger partial charge in [-0.25, -0.2) is 8.42 Å². The number of hydrogen-bond donors (Lipinski definition) is 2. The highest BCUT2D eigenvalue weighted by molar-refractivity contribution is 7.91. The molecule has 1 aromatic heterocycles. The summed E-state index contributed by atoms with van der Waals surface area (Å²) in [5.74, 6) is 0.672. The van der Waals surface area contributed by atoms with Crippen LogP contribution in [0.5, 0.6) is 5.75 Å². The Balaban J connectivity index is 1.15. The Bertz CT molecular complexity index is 1840. The van der Waals surface area contributed by atoms with Crippen LogP contribution >= 0.6 is 0 Å². The summed E-state index contributed by atoms with van der Waals surface area (Å²) in [5, 5.41) is 13.0. The number of sulfone groups is 1. The van der Waals surface area contributed by atoms with Crippen molar-refractivity contribution < 1.29 is 23.1 Å². The van der Waals surface area contributed by atoms with Crippen LogP contribution in [0.25, 0.3) is 10.9 Å². The zero-order valence-electron chi connectivity index (χ0n) is 31.0. The Morgan fingerprint density at radius 3 is 2.17 bits per heavy atom. The van der Waals surface area contributed by atoms with E-state index in [2.05, 4.69) is 21.7 Å². The lowest BCUT2D eigenvalue weighted by Crippen LogP contribution is -2.50. The van der Waals surface area contributed by atoms with Crippen molar-refractivity contribution in [3.8, 4) is 5.75 Å². The zero-order valence-corrected chi connectivity index (χ0v) is 32.8. The molecule has 2 aliphatic heterocycles. The topological polar surface area (TPSA) is 103 Å². The van der Waals surface area contributed by atoms with Crippen molar-refractivity contribution in [1.82, 2.24) is 9.88 Å². The number of rotatable bonds is 16. The number of unbranched alkanes of at least 4 members (excludes halogenated alkanes) is 7. The van der Waals surface area contributed by atoms with Gasteiger partial charge in [-0.15, -0.1) is 0 Å². The Hall–Kier alpha value is -3.28. The number of hydrogen-bond acceptors (Lipinski definition) is 8. The Labute approximate surface area is 312 Å². The molecule has 2 saturated heterocycles. The van der Waals surface area contributed by atoms with Gasteiger partial charge in [-0.2, -0.15) is 0 Å². The summed E-state index contributed by atoms with van der Waals surface area (Å²) in [6.45, 7) is 7.73. The van der Waals surface area contributed by atoms with Crippen molar-refractivity contribution in [2.75, 3.05) is 37.7 Å². The zero-order chi connectivity index (χ0) is 36.6. The molecular formula is C42H56N3O5SSi. The third-order valence-corrected chi connectivity index (χ3v) is 14.1. The average Bonchev–Trinajstić information content (AvgIpc) is 3.17. The molecule has 0 spiro atoms. The number of likely N-dealkylation sites (tertiary alicyclic amines) is 1. The van der Waals surface area contributed by atoms with E-state index in [9.17, 15) is 18.3 Å². The second-order valence-electron chi connectivity index (χ2n) is 14.7. The molecule has 10 heteroatoms. The van der Waals surface area contributed by atoms with E-state index in [1.54, 1.807) is 24.3 Å². The van der Waals surface area contributed by atoms with Gasteiger partial charge in [0, 0.05) is 43.8 Å². The molecule has 52 heavy (non-hydrogen) atoms. The van der Waals surface area contributed by atoms with Gasteiger partial charge in [0.2, 0.25) is 18.9 Å². The molecule has 0 atom stereocenters. The Morgan fingerprint density at radius 1 is 0.865 bits per heavy atom. The summed E-state index contributed by atoms with van der Waals surface area (Å²) in [5.41, 5.74) is 1.58. The number of anilines is 1. The lowest BCUT2D eigenvalue weighted by molar-refractivity contribution is -0.0379. The second-order valence-corrected chi connectivity index (χ2v) is 18.4. The molecule has 8 nitrogen and oxygen atoms in total. The molecule has 0 aliphatic carbocycles. The van der Waals surface area contributed by atoms with E-state index in [1.807, 2.05) is 55.1 Å². The molecular weight excluding hydrogens is 687 g/mol. The molecule has 2 fully saturated rings. The first-order valence-electron chi connectivity index (χ1n) is 19.4. The molecule has 3 heterocycles. The predicted octanol–water partition coefficient (Wildman–Crippen LogP) is 7.36. The minimum absolute atomic E-state index is 0.192. The summed E-state index contributed by atoms with van der Waals surface area (Å²) in [4.78, 5) is 20.3. The van der Waals surface area contributed by atoms with E-state index in [4.69, 9.17) is 4.74 Å². The minimum Gasteiger partial charge on any atom is -0.494 e. The smallest absolute Gasteiger partial charge is 0.239 e. The van der Waals surface area contributed by atoms with Crippen molar-refractivity contribution in [2.24, 2.45) is 0 Å². The lowest BCUT2D eigenvalue weighted by atomic mass is 9.83. The maximum atomic E-state index is 14.4. The standard InChI is InChI=1S/C42H56N3O5SSi/c1-3-4-5-6-7-8-9-13-30-50-35-16-18-36(19-17-35)51(47,48)40-32-43-39-21-20-37(52(2)49)31-38(39)41(40)45-26-22-34(23-27-45)44-28-24-42(46,25-29-44)33-14-11-10-12-15-33/h10-12,14-21,31-32,34,46,49H,3-9,13,22-30H2,1-2H3. The van der Waals surface area contributed by atoms with E-state index in [0.717, 1.165) is 54.9 Å². The fourth-order valence-corrected chi connectivity index (χ4v) is 10.0. The van der Waals surface area contributed by atoms with Crippen LogP contribution in [-0.2, 0) is 15.4 Å². The van der Waals surface area contributed by atoms with Crippen molar-refractivity contribution in [3.05, 3.63) is 84.6 Å². The number of nitrogens with zero attached hydrogens (tertiary/aromatic N) is 3. The largest absolute Gasteiger partial charge is 0.494 e. The molecule has 4 aromatic rings. The van der Waals surface area contributed by atoms with Gasteiger partial charge in [-0.3, -0.25) is 4.98 Å². The van der Waals surface area contributed by atoms with E-state index in [0.29, 0.717) is 55.5 Å². The summed E-state index contributed by atoms with van der Waals surface area (Å²) in [6.07, 6.45) is 14.5. The van der Waals surface area contributed by atoms with E-state index >= 15 is 0 Å². The maximum Gasteiger partial charge on any atom is 0.239 e. The molecule has 6 rings (SSSR count). The summed E-state index contributed by atoms with van der Waals surface area (Å²) in [6, 6.07) is 22.9. The van der Waals surface area contributed by atoms with Crippen molar-refractivity contribution in [1.29, 1.82) is 0 Å². The molecule has 2 N–H and O–H groups in total. The van der Waals surface area contributed by atoms with Gasteiger partial charge in [0.05, 0.1) is 28.3 Å². The Kier molecular flexibility index (Phi) is 13.1. The highest BCUT2D eigenvalue weighted by Gasteiger charge is 2.37. The van der Waals surface area contributed by atoms with Gasteiger partial charge in [0.1, 0.15) is 10.6 Å². The maximum absolute atomic E-state index is 14.4. The van der Waals surface area contributed by atoms with Gasteiger partial charge >= 0.3 is 0 Å². The average molecular weight is 743 g/mol. The molecule has 279 valence electrons. The monoisotopic (exact) mass is 742 g/mol. The van der Waals surface area contributed by atoms with Crippen LogP contribution in [0.2, 0.25) is 6.55 Å². The molecule has 3 aromatic carbocycles. The van der Waals surface area contributed by atoms with Crippen LogP contribution in [0.3, 0.4) is 0 Å². The minimum atomic E-state index is -3.93. The van der Waals surface area contributed by atoms with Crippen LogP contribution in [-0.4, -0.2) is 76.1 Å². The quantitative estimate of drug-likeness (QED) is 0.0908. The number of fused-ring (bicyclic) bond motifs is 1. The Morgan fingerprint density at radius 2 is 1.52 bits per heavy atom. The number of piperidine rings is 2. The van der Waals surface area contributed by atoms with Crippen molar-refractivity contribution in [2.45, 2.75) is 112 Å². The number of pyridine rings is 1. The SMILES string of the molecule is CCCCCCCCCCOc1ccc(S(=O)(=O)c2cnc3ccc([Si](C)O)cc3c2N2CCC(N3CCC(O)(c4ccccc4)CC3)CC2)cc1. The fraction of sp³-hybridized carbons (Fsp3) is 0.500. The number of benzene rings is 3. The molecule has 1 radical (unpaired) electrons.